The Hall–Kier alpha value is -2.29. The maximum Gasteiger partial charge on any atom is 0.206 e. The molecule has 0 spiro atoms. The van der Waals surface area contributed by atoms with Gasteiger partial charge in [-0.1, -0.05) is 42.0 Å². The molecule has 0 unspecified atom stereocenters. The molecular weight excluding hydrogens is 246 g/mol. The van der Waals surface area contributed by atoms with Gasteiger partial charge in [0.25, 0.3) is 0 Å². The molecule has 0 atom stereocenters. The Bertz CT molecular complexity index is 726. The van der Waals surface area contributed by atoms with Gasteiger partial charge in [0, 0.05) is 20.6 Å². The monoisotopic (exact) mass is 265 g/mol. The minimum Gasteiger partial charge on any atom is -0.341 e. The van der Waals surface area contributed by atoms with E-state index in [0.717, 1.165) is 18.0 Å². The van der Waals surface area contributed by atoms with Crippen molar-refractivity contribution in [1.82, 2.24) is 9.55 Å². The van der Waals surface area contributed by atoms with E-state index in [4.69, 9.17) is 4.98 Å². The molecule has 0 fully saturated rings. The van der Waals surface area contributed by atoms with Crippen LogP contribution in [-0.2, 0) is 13.6 Å². The van der Waals surface area contributed by atoms with Crippen molar-refractivity contribution in [2.45, 2.75) is 13.5 Å². The van der Waals surface area contributed by atoms with E-state index in [2.05, 4.69) is 66.9 Å². The molecule has 0 aliphatic heterocycles. The Balaban J connectivity index is 1.90. The average Bonchev–Trinajstić information content (AvgIpc) is 2.79. The first-order chi connectivity index (χ1) is 9.65. The molecule has 1 aromatic heterocycles. The number of anilines is 1. The quantitative estimate of drug-likeness (QED) is 0.722. The van der Waals surface area contributed by atoms with Gasteiger partial charge in [-0.3, -0.25) is 0 Å². The van der Waals surface area contributed by atoms with E-state index < -0.39 is 0 Å². The molecule has 0 aliphatic carbocycles. The van der Waals surface area contributed by atoms with Crippen LogP contribution in [0.15, 0.2) is 48.5 Å². The first kappa shape index (κ1) is 12.7. The third-order valence-corrected chi connectivity index (χ3v) is 3.65. The van der Waals surface area contributed by atoms with Gasteiger partial charge in [-0.05, 0) is 24.6 Å². The fourth-order valence-corrected chi connectivity index (χ4v) is 2.51. The standard InChI is InChI=1S/C17H19N3/c1-13-8-10-14(11-9-13)12-19(2)17-18-15-6-4-5-7-16(15)20(17)3/h4-11H,12H2,1-3H3. The van der Waals surface area contributed by atoms with Crippen molar-refractivity contribution in [2.75, 3.05) is 11.9 Å². The average molecular weight is 265 g/mol. The van der Waals surface area contributed by atoms with E-state index in [1.54, 1.807) is 0 Å². The molecule has 3 rings (SSSR count). The summed E-state index contributed by atoms with van der Waals surface area (Å²) in [7, 11) is 4.15. The normalized spacial score (nSPS) is 10.9. The van der Waals surface area contributed by atoms with E-state index >= 15 is 0 Å². The van der Waals surface area contributed by atoms with Crippen molar-refractivity contribution in [3.8, 4) is 0 Å². The molecule has 3 aromatic rings. The van der Waals surface area contributed by atoms with Gasteiger partial charge >= 0.3 is 0 Å². The highest BCUT2D eigenvalue weighted by Gasteiger charge is 2.11. The second-order valence-corrected chi connectivity index (χ2v) is 5.30. The van der Waals surface area contributed by atoms with Crippen LogP contribution in [0.2, 0.25) is 0 Å². The second-order valence-electron chi connectivity index (χ2n) is 5.30. The van der Waals surface area contributed by atoms with Crippen LogP contribution in [0.3, 0.4) is 0 Å². The number of aromatic nitrogens is 2. The Kier molecular flexibility index (Phi) is 3.18. The molecule has 20 heavy (non-hydrogen) atoms. The zero-order valence-corrected chi connectivity index (χ0v) is 12.2. The van der Waals surface area contributed by atoms with Crippen molar-refractivity contribution >= 4 is 17.0 Å². The number of aryl methyl sites for hydroxylation is 2. The number of fused-ring (bicyclic) bond motifs is 1. The number of nitrogens with zero attached hydrogens (tertiary/aromatic N) is 3. The molecule has 1 heterocycles. The molecule has 2 aromatic carbocycles. The van der Waals surface area contributed by atoms with Crippen LogP contribution >= 0.6 is 0 Å². The van der Waals surface area contributed by atoms with Gasteiger partial charge in [0.1, 0.15) is 0 Å². The zero-order valence-electron chi connectivity index (χ0n) is 12.2. The van der Waals surface area contributed by atoms with Gasteiger partial charge in [-0.25, -0.2) is 4.98 Å². The van der Waals surface area contributed by atoms with Crippen LogP contribution in [0.4, 0.5) is 5.95 Å². The molecule has 0 saturated carbocycles. The lowest BCUT2D eigenvalue weighted by Crippen LogP contribution is -2.19. The Morgan fingerprint density at radius 3 is 2.45 bits per heavy atom. The third-order valence-electron chi connectivity index (χ3n) is 3.65. The predicted molar refractivity (Wildman–Crippen MR) is 84.0 cm³/mol. The summed E-state index contributed by atoms with van der Waals surface area (Å²) < 4.78 is 2.14. The highest BCUT2D eigenvalue weighted by atomic mass is 15.3. The molecular formula is C17H19N3. The van der Waals surface area contributed by atoms with Crippen molar-refractivity contribution in [1.29, 1.82) is 0 Å². The minimum atomic E-state index is 0.859. The van der Waals surface area contributed by atoms with E-state index in [-0.39, 0.29) is 0 Å². The van der Waals surface area contributed by atoms with Gasteiger partial charge in [-0.15, -0.1) is 0 Å². The Morgan fingerprint density at radius 2 is 1.75 bits per heavy atom. The maximum atomic E-state index is 4.71. The molecule has 102 valence electrons. The third kappa shape index (κ3) is 2.27. The Morgan fingerprint density at radius 1 is 1.05 bits per heavy atom. The van der Waals surface area contributed by atoms with Crippen LogP contribution in [0.1, 0.15) is 11.1 Å². The van der Waals surface area contributed by atoms with Crippen molar-refractivity contribution in [2.24, 2.45) is 7.05 Å². The lowest BCUT2D eigenvalue weighted by molar-refractivity contribution is 0.818. The topological polar surface area (TPSA) is 21.1 Å². The fourth-order valence-electron chi connectivity index (χ4n) is 2.51. The molecule has 0 radical (unpaired) electrons. The van der Waals surface area contributed by atoms with E-state index in [1.807, 2.05) is 12.1 Å². The molecule has 0 saturated heterocycles. The summed E-state index contributed by atoms with van der Waals surface area (Å²) in [6.07, 6.45) is 0. The van der Waals surface area contributed by atoms with E-state index in [9.17, 15) is 0 Å². The SMILES string of the molecule is Cc1ccc(CN(C)c2nc3ccccc3n2C)cc1. The second kappa shape index (κ2) is 5.00. The summed E-state index contributed by atoms with van der Waals surface area (Å²) in [5, 5.41) is 0. The van der Waals surface area contributed by atoms with Crippen LogP contribution in [0.5, 0.6) is 0 Å². The summed E-state index contributed by atoms with van der Waals surface area (Å²) in [5.41, 5.74) is 4.79. The fraction of sp³-hybridized carbons (Fsp3) is 0.235. The summed E-state index contributed by atoms with van der Waals surface area (Å²) >= 11 is 0. The van der Waals surface area contributed by atoms with Gasteiger partial charge in [0.15, 0.2) is 0 Å². The van der Waals surface area contributed by atoms with Gasteiger partial charge in [0.2, 0.25) is 5.95 Å². The Labute approximate surface area is 119 Å². The highest BCUT2D eigenvalue weighted by Crippen LogP contribution is 2.21. The molecule has 0 bridgehead atoms. The summed E-state index contributed by atoms with van der Waals surface area (Å²) in [4.78, 5) is 6.90. The molecule has 3 nitrogen and oxygen atoms in total. The van der Waals surface area contributed by atoms with Crippen molar-refractivity contribution in [3.05, 3.63) is 59.7 Å². The van der Waals surface area contributed by atoms with E-state index in [0.29, 0.717) is 0 Å². The highest BCUT2D eigenvalue weighted by molar-refractivity contribution is 5.78. The lowest BCUT2D eigenvalue weighted by atomic mass is 10.1. The molecule has 0 amide bonds. The van der Waals surface area contributed by atoms with Crippen molar-refractivity contribution in [3.63, 3.8) is 0 Å². The lowest BCUT2D eigenvalue weighted by Gasteiger charge is -2.18. The zero-order chi connectivity index (χ0) is 14.1. The maximum absolute atomic E-state index is 4.71. The van der Waals surface area contributed by atoms with Gasteiger partial charge in [-0.2, -0.15) is 0 Å². The summed E-state index contributed by atoms with van der Waals surface area (Å²) in [6.45, 7) is 2.97. The van der Waals surface area contributed by atoms with Gasteiger partial charge < -0.3 is 9.47 Å². The van der Waals surface area contributed by atoms with Crippen LogP contribution in [0.25, 0.3) is 11.0 Å². The number of hydrogen-bond donors (Lipinski definition) is 0. The largest absolute Gasteiger partial charge is 0.341 e. The number of benzene rings is 2. The number of para-hydroxylation sites is 2. The predicted octanol–water partition coefficient (Wildman–Crippen LogP) is 3.52. The number of hydrogen-bond acceptors (Lipinski definition) is 2. The molecule has 3 heteroatoms. The van der Waals surface area contributed by atoms with Crippen LogP contribution in [0, 0.1) is 6.92 Å². The number of rotatable bonds is 3. The number of imidazole rings is 1. The van der Waals surface area contributed by atoms with E-state index in [1.165, 1.54) is 16.6 Å². The van der Waals surface area contributed by atoms with Crippen LogP contribution < -0.4 is 4.90 Å². The molecule has 0 aliphatic rings. The van der Waals surface area contributed by atoms with Gasteiger partial charge in [0.05, 0.1) is 11.0 Å². The minimum absolute atomic E-state index is 0.859. The summed E-state index contributed by atoms with van der Waals surface area (Å²) in [5.74, 6) is 0.992. The first-order valence-corrected chi connectivity index (χ1v) is 6.83. The van der Waals surface area contributed by atoms with Crippen molar-refractivity contribution < 1.29 is 0 Å². The first-order valence-electron chi connectivity index (χ1n) is 6.83. The smallest absolute Gasteiger partial charge is 0.206 e. The van der Waals surface area contributed by atoms with Crippen LogP contribution in [-0.4, -0.2) is 16.6 Å². The molecule has 0 N–H and O–H groups in total. The summed E-state index contributed by atoms with van der Waals surface area (Å²) in [6, 6.07) is 16.9.